The van der Waals surface area contributed by atoms with Crippen LogP contribution in [0.2, 0.25) is 5.02 Å². The second-order valence-electron chi connectivity index (χ2n) is 5.91. The molecule has 0 aliphatic heterocycles. The van der Waals surface area contributed by atoms with Crippen molar-refractivity contribution < 1.29 is 4.79 Å². The molecule has 2 aromatic rings. The molecule has 1 heterocycles. The van der Waals surface area contributed by atoms with Crippen molar-refractivity contribution in [1.29, 1.82) is 0 Å². The van der Waals surface area contributed by atoms with Gasteiger partial charge in [-0.1, -0.05) is 31.5 Å². The fraction of sp³-hybridized carbons (Fsp3) is 0.278. The van der Waals surface area contributed by atoms with E-state index in [4.69, 9.17) is 17.3 Å². The van der Waals surface area contributed by atoms with E-state index in [2.05, 4.69) is 29.1 Å². The van der Waals surface area contributed by atoms with E-state index >= 15 is 0 Å². The van der Waals surface area contributed by atoms with Gasteiger partial charge in [0, 0.05) is 24.3 Å². The zero-order valence-electron chi connectivity index (χ0n) is 14.0. The summed E-state index contributed by atoms with van der Waals surface area (Å²) in [7, 11) is 1.60. The van der Waals surface area contributed by atoms with Crippen LogP contribution in [0.1, 0.15) is 30.6 Å². The molecule has 0 spiro atoms. The van der Waals surface area contributed by atoms with Gasteiger partial charge in [0.2, 0.25) is 0 Å². The predicted molar refractivity (Wildman–Crippen MR) is 99.3 cm³/mol. The lowest BCUT2D eigenvalue weighted by molar-refractivity contribution is 0.0977. The fourth-order valence-electron chi connectivity index (χ4n) is 2.31. The molecular weight excluding hydrogens is 324 g/mol. The summed E-state index contributed by atoms with van der Waals surface area (Å²) in [5, 5.41) is 3.98. The van der Waals surface area contributed by atoms with Gasteiger partial charge in [-0.2, -0.15) is 0 Å². The van der Waals surface area contributed by atoms with Crippen LogP contribution < -0.4 is 11.1 Å². The van der Waals surface area contributed by atoms with Crippen molar-refractivity contribution in [3.63, 3.8) is 0 Å². The molecule has 24 heavy (non-hydrogen) atoms. The smallest absolute Gasteiger partial charge is 0.258 e. The molecule has 0 unspecified atom stereocenters. The molecule has 1 aromatic heterocycles. The summed E-state index contributed by atoms with van der Waals surface area (Å²) >= 11 is 6.23. The molecule has 0 aliphatic rings. The van der Waals surface area contributed by atoms with Crippen molar-refractivity contribution in [1.82, 2.24) is 10.3 Å². The van der Waals surface area contributed by atoms with E-state index in [1.54, 1.807) is 31.5 Å². The number of fused-ring (bicyclic) bond motifs is 1. The average Bonchev–Trinajstić information content (AvgIpc) is 2.52. The zero-order chi connectivity index (χ0) is 17.7. The quantitative estimate of drug-likeness (QED) is 0.657. The Morgan fingerprint density at radius 1 is 1.46 bits per heavy atom. The van der Waals surface area contributed by atoms with Crippen molar-refractivity contribution in [2.75, 3.05) is 7.05 Å². The molecule has 6 heteroatoms. The molecule has 0 aliphatic carbocycles. The van der Waals surface area contributed by atoms with Crippen LogP contribution in [0.4, 0.5) is 0 Å². The van der Waals surface area contributed by atoms with E-state index in [1.807, 2.05) is 12.1 Å². The maximum atomic E-state index is 12.5. The first-order chi connectivity index (χ1) is 11.4. The molecule has 1 aromatic carbocycles. The third-order valence-corrected chi connectivity index (χ3v) is 3.70. The van der Waals surface area contributed by atoms with E-state index in [0.717, 1.165) is 11.8 Å². The molecule has 2 rings (SSSR count). The maximum Gasteiger partial charge on any atom is 0.258 e. The third-order valence-electron chi connectivity index (χ3n) is 3.39. The van der Waals surface area contributed by atoms with Crippen LogP contribution in [0.5, 0.6) is 0 Å². The number of aliphatic imine (C=N–C) groups is 1. The Morgan fingerprint density at radius 2 is 2.21 bits per heavy atom. The number of pyridine rings is 1. The van der Waals surface area contributed by atoms with Gasteiger partial charge in [0.25, 0.3) is 5.91 Å². The lowest BCUT2D eigenvalue weighted by Crippen LogP contribution is -2.30. The van der Waals surface area contributed by atoms with Crippen molar-refractivity contribution >= 4 is 34.2 Å². The first-order valence-corrected chi connectivity index (χ1v) is 8.07. The molecule has 1 amide bonds. The second kappa shape index (κ2) is 7.93. The molecule has 3 N–H and O–H groups in total. The number of carbonyl (C=O) groups excluding carboxylic acids is 1. The predicted octanol–water partition coefficient (Wildman–Crippen LogP) is 3.54. The maximum absolute atomic E-state index is 12.5. The number of hydrogen-bond donors (Lipinski definition) is 2. The average molecular weight is 345 g/mol. The van der Waals surface area contributed by atoms with Crippen LogP contribution >= 0.6 is 11.6 Å². The highest BCUT2D eigenvalue weighted by Crippen LogP contribution is 2.22. The van der Waals surface area contributed by atoms with Crippen LogP contribution in [-0.2, 0) is 0 Å². The van der Waals surface area contributed by atoms with Gasteiger partial charge in [-0.25, -0.2) is 0 Å². The summed E-state index contributed by atoms with van der Waals surface area (Å²) < 4.78 is 0. The molecule has 0 atom stereocenters. The monoisotopic (exact) mass is 344 g/mol. The summed E-state index contributed by atoms with van der Waals surface area (Å²) in [5.74, 6) is 0.480. The number of amides is 1. The Bertz CT molecular complexity index is 812. The molecule has 0 bridgehead atoms. The SMILES string of the molecule is CN=C(C=C(N)CC(C)C)NC(=O)c1cc2ncccc2cc1Cl. The van der Waals surface area contributed by atoms with Crippen LogP contribution in [0.15, 0.2) is 47.2 Å². The minimum absolute atomic E-state index is 0.346. The molecule has 0 radical (unpaired) electrons. The number of amidine groups is 1. The summed E-state index contributed by atoms with van der Waals surface area (Å²) in [6, 6.07) is 7.11. The summed E-state index contributed by atoms with van der Waals surface area (Å²) in [4.78, 5) is 20.8. The van der Waals surface area contributed by atoms with Gasteiger partial charge < -0.3 is 11.1 Å². The Labute approximate surface area is 146 Å². The lowest BCUT2D eigenvalue weighted by atomic mass is 10.1. The highest BCUT2D eigenvalue weighted by atomic mass is 35.5. The number of aromatic nitrogens is 1. The Kier molecular flexibility index (Phi) is 5.93. The van der Waals surface area contributed by atoms with Crippen LogP contribution in [0.3, 0.4) is 0 Å². The van der Waals surface area contributed by atoms with E-state index < -0.39 is 0 Å². The van der Waals surface area contributed by atoms with E-state index in [-0.39, 0.29) is 5.91 Å². The van der Waals surface area contributed by atoms with Crippen LogP contribution in [0.25, 0.3) is 10.9 Å². The summed E-state index contributed by atoms with van der Waals surface area (Å²) in [6.45, 7) is 4.15. The lowest BCUT2D eigenvalue weighted by Gasteiger charge is -2.10. The van der Waals surface area contributed by atoms with Gasteiger partial charge in [-0.05, 0) is 36.6 Å². The van der Waals surface area contributed by atoms with E-state index in [9.17, 15) is 4.79 Å². The van der Waals surface area contributed by atoms with E-state index in [0.29, 0.717) is 33.6 Å². The Balaban J connectivity index is 2.24. The number of allylic oxidation sites excluding steroid dienone is 1. The van der Waals surface area contributed by atoms with Gasteiger partial charge in [0.05, 0.1) is 16.1 Å². The van der Waals surface area contributed by atoms with Gasteiger partial charge in [-0.15, -0.1) is 0 Å². The number of nitrogens with zero attached hydrogens (tertiary/aromatic N) is 2. The first-order valence-electron chi connectivity index (χ1n) is 7.69. The number of halogens is 1. The highest BCUT2D eigenvalue weighted by Gasteiger charge is 2.13. The summed E-state index contributed by atoms with van der Waals surface area (Å²) in [6.07, 6.45) is 4.08. The van der Waals surface area contributed by atoms with Crippen LogP contribution in [0, 0.1) is 5.92 Å². The van der Waals surface area contributed by atoms with Crippen molar-refractivity contribution in [3.8, 4) is 0 Å². The molecule has 0 fully saturated rings. The van der Waals surface area contributed by atoms with Gasteiger partial charge in [0.15, 0.2) is 0 Å². The number of nitrogens with two attached hydrogens (primary N) is 1. The Morgan fingerprint density at radius 3 is 2.88 bits per heavy atom. The standard InChI is InChI=1S/C18H21ClN4O/c1-11(2)7-13(20)9-17(21-3)23-18(24)14-10-16-12(8-15(14)19)5-4-6-22-16/h4-6,8-11H,7,20H2,1-3H3,(H,21,23,24). The highest BCUT2D eigenvalue weighted by molar-refractivity contribution is 6.35. The minimum Gasteiger partial charge on any atom is -0.402 e. The number of nitrogens with one attached hydrogen (secondary N) is 1. The molecule has 0 saturated carbocycles. The Hall–Kier alpha value is -2.40. The minimum atomic E-state index is -0.346. The largest absolute Gasteiger partial charge is 0.402 e. The van der Waals surface area contributed by atoms with Crippen molar-refractivity contribution in [3.05, 3.63) is 52.8 Å². The number of hydrogen-bond acceptors (Lipinski definition) is 4. The second-order valence-corrected chi connectivity index (χ2v) is 6.32. The topological polar surface area (TPSA) is 80.4 Å². The zero-order valence-corrected chi connectivity index (χ0v) is 14.8. The number of benzene rings is 1. The van der Waals surface area contributed by atoms with Crippen LogP contribution in [-0.4, -0.2) is 23.8 Å². The summed E-state index contributed by atoms with van der Waals surface area (Å²) in [5.41, 5.74) is 7.68. The number of carbonyl (C=O) groups is 1. The molecule has 126 valence electrons. The normalized spacial score (nSPS) is 12.7. The molecule has 0 saturated heterocycles. The third kappa shape index (κ3) is 4.55. The van der Waals surface area contributed by atoms with E-state index in [1.165, 1.54) is 0 Å². The number of rotatable bonds is 4. The molecule has 5 nitrogen and oxygen atoms in total. The van der Waals surface area contributed by atoms with Gasteiger partial charge in [0.1, 0.15) is 5.84 Å². The van der Waals surface area contributed by atoms with Gasteiger partial charge >= 0.3 is 0 Å². The molecular formula is C18H21ClN4O. The first kappa shape index (κ1) is 17.9. The fourth-order valence-corrected chi connectivity index (χ4v) is 2.57. The van der Waals surface area contributed by atoms with Crippen molar-refractivity contribution in [2.45, 2.75) is 20.3 Å². The van der Waals surface area contributed by atoms with Gasteiger partial charge in [-0.3, -0.25) is 14.8 Å². The van der Waals surface area contributed by atoms with Crippen molar-refractivity contribution in [2.24, 2.45) is 16.6 Å².